The average molecular weight is 202 g/mol. The molecular weight excluding hydrogens is 192 g/mol. The second kappa shape index (κ2) is 2.86. The highest BCUT2D eigenvalue weighted by Gasteiger charge is 2.37. The number of benzene rings is 1. The molecule has 2 aliphatic carbocycles. The van der Waals surface area contributed by atoms with E-state index in [1.165, 1.54) is 0 Å². The van der Waals surface area contributed by atoms with Crippen molar-refractivity contribution in [2.75, 3.05) is 0 Å². The number of carbonyl (C=O) groups is 1. The summed E-state index contributed by atoms with van der Waals surface area (Å²) in [5, 5.41) is 9.77. The first-order valence-electron chi connectivity index (χ1n) is 4.95. The largest absolute Gasteiger partial charge is 0.508 e. The van der Waals surface area contributed by atoms with E-state index >= 15 is 0 Å². The van der Waals surface area contributed by atoms with Crippen molar-refractivity contribution in [2.24, 2.45) is 0 Å². The summed E-state index contributed by atoms with van der Waals surface area (Å²) in [6, 6.07) is 3.24. The Balaban J connectivity index is 2.20. The van der Waals surface area contributed by atoms with Gasteiger partial charge in [-0.25, -0.2) is 0 Å². The molecule has 0 aliphatic heterocycles. The zero-order valence-electron chi connectivity index (χ0n) is 8.01. The van der Waals surface area contributed by atoms with Gasteiger partial charge in [0.1, 0.15) is 11.5 Å². The number of ether oxygens (including phenoxy) is 1. The van der Waals surface area contributed by atoms with E-state index < -0.39 is 0 Å². The van der Waals surface area contributed by atoms with Crippen LogP contribution in [-0.2, 0) is 4.79 Å². The maximum atomic E-state index is 10.4. The molecule has 2 unspecified atom stereocenters. The van der Waals surface area contributed by atoms with Crippen molar-refractivity contribution >= 4 is 6.47 Å². The molecule has 0 saturated carbocycles. The molecule has 2 aliphatic rings. The number of allylic oxidation sites excluding steroid dienone is 2. The van der Waals surface area contributed by atoms with Gasteiger partial charge in [-0.3, -0.25) is 4.79 Å². The Kier molecular flexibility index (Phi) is 1.63. The lowest BCUT2D eigenvalue weighted by Crippen LogP contribution is -1.99. The monoisotopic (exact) mass is 202 g/mol. The van der Waals surface area contributed by atoms with Crippen molar-refractivity contribution < 1.29 is 14.6 Å². The maximum Gasteiger partial charge on any atom is 0.298 e. The fraction of sp³-hybridized carbons (Fsp3) is 0.250. The van der Waals surface area contributed by atoms with Gasteiger partial charge in [0.25, 0.3) is 6.47 Å². The molecule has 0 heterocycles. The second-order valence-electron chi connectivity index (χ2n) is 3.96. The van der Waals surface area contributed by atoms with E-state index in [0.29, 0.717) is 29.8 Å². The molecule has 3 heteroatoms. The molecule has 0 amide bonds. The van der Waals surface area contributed by atoms with Gasteiger partial charge in [-0.05, 0) is 18.6 Å². The van der Waals surface area contributed by atoms with Crippen molar-refractivity contribution in [1.29, 1.82) is 0 Å². The third-order valence-corrected chi connectivity index (χ3v) is 3.22. The normalized spacial score (nSPS) is 25.3. The summed E-state index contributed by atoms with van der Waals surface area (Å²) in [5.74, 6) is 1.47. The highest BCUT2D eigenvalue weighted by Crippen LogP contribution is 2.54. The number of fused-ring (bicyclic) bond motifs is 5. The Morgan fingerprint density at radius 2 is 2.00 bits per heavy atom. The molecule has 1 aromatic rings. The van der Waals surface area contributed by atoms with Gasteiger partial charge in [-0.2, -0.15) is 0 Å². The van der Waals surface area contributed by atoms with Crippen LogP contribution in [0.3, 0.4) is 0 Å². The SMILES string of the molecule is O=COc1ccc(O)c2c1C1C=CC2C1. The number of hydrogen-bond donors (Lipinski definition) is 1. The molecule has 1 aromatic carbocycles. The molecule has 0 aromatic heterocycles. The van der Waals surface area contributed by atoms with Crippen molar-refractivity contribution in [3.8, 4) is 11.5 Å². The summed E-state index contributed by atoms with van der Waals surface area (Å²) in [6.45, 7) is 0.433. The number of rotatable bonds is 2. The zero-order valence-corrected chi connectivity index (χ0v) is 8.01. The summed E-state index contributed by atoms with van der Waals surface area (Å²) in [5.41, 5.74) is 1.91. The first-order valence-corrected chi connectivity index (χ1v) is 4.95. The Hall–Kier alpha value is -1.77. The first kappa shape index (κ1) is 8.53. The average Bonchev–Trinajstić information content (AvgIpc) is 2.83. The summed E-state index contributed by atoms with van der Waals surface area (Å²) in [4.78, 5) is 10.4. The van der Waals surface area contributed by atoms with Gasteiger partial charge >= 0.3 is 0 Å². The Bertz CT molecular complexity index is 462. The summed E-state index contributed by atoms with van der Waals surface area (Å²) < 4.78 is 4.93. The van der Waals surface area contributed by atoms with Crippen LogP contribution in [0.25, 0.3) is 0 Å². The van der Waals surface area contributed by atoms with Gasteiger partial charge in [0.05, 0.1) is 0 Å². The third-order valence-electron chi connectivity index (χ3n) is 3.22. The first-order chi connectivity index (χ1) is 7.31. The Morgan fingerprint density at radius 3 is 2.73 bits per heavy atom. The summed E-state index contributed by atoms with van der Waals surface area (Å²) in [7, 11) is 0. The van der Waals surface area contributed by atoms with Crippen molar-refractivity contribution in [3.05, 3.63) is 35.4 Å². The van der Waals surface area contributed by atoms with E-state index in [2.05, 4.69) is 12.2 Å². The van der Waals surface area contributed by atoms with Crippen LogP contribution in [0.2, 0.25) is 0 Å². The van der Waals surface area contributed by atoms with Crippen LogP contribution >= 0.6 is 0 Å². The number of phenolic OH excluding ortho intramolecular Hbond substituents is 1. The molecule has 15 heavy (non-hydrogen) atoms. The fourth-order valence-electron chi connectivity index (χ4n) is 2.66. The van der Waals surface area contributed by atoms with Crippen LogP contribution in [0.4, 0.5) is 0 Å². The molecule has 2 atom stereocenters. The Labute approximate surface area is 87.0 Å². The van der Waals surface area contributed by atoms with Crippen LogP contribution in [0.15, 0.2) is 24.3 Å². The standard InChI is InChI=1S/C12H10O3/c13-6-15-10-4-3-9(14)11-7-1-2-8(5-7)12(10)11/h1-4,6-8,14H,5H2. The van der Waals surface area contributed by atoms with Gasteiger partial charge < -0.3 is 9.84 Å². The van der Waals surface area contributed by atoms with Crippen molar-refractivity contribution in [2.45, 2.75) is 18.3 Å². The van der Waals surface area contributed by atoms with Crippen LogP contribution in [0, 0.1) is 0 Å². The number of hydrogen-bond acceptors (Lipinski definition) is 3. The maximum absolute atomic E-state index is 10.4. The van der Waals surface area contributed by atoms with Gasteiger partial charge in [0, 0.05) is 23.0 Å². The van der Waals surface area contributed by atoms with E-state index in [1.807, 2.05) is 0 Å². The second-order valence-corrected chi connectivity index (χ2v) is 3.96. The van der Waals surface area contributed by atoms with Crippen molar-refractivity contribution in [3.63, 3.8) is 0 Å². The number of aromatic hydroxyl groups is 1. The molecule has 0 saturated heterocycles. The highest BCUT2D eigenvalue weighted by molar-refractivity contribution is 5.62. The van der Waals surface area contributed by atoms with E-state index in [1.54, 1.807) is 12.1 Å². The minimum absolute atomic E-state index is 0.292. The molecule has 0 spiro atoms. The predicted molar refractivity (Wildman–Crippen MR) is 54.0 cm³/mol. The van der Waals surface area contributed by atoms with E-state index in [4.69, 9.17) is 4.74 Å². The van der Waals surface area contributed by atoms with Gasteiger partial charge in [-0.15, -0.1) is 0 Å². The fourth-order valence-corrected chi connectivity index (χ4v) is 2.66. The molecule has 76 valence electrons. The zero-order chi connectivity index (χ0) is 10.4. The van der Waals surface area contributed by atoms with Gasteiger partial charge in [0.15, 0.2) is 0 Å². The molecular formula is C12H10O3. The minimum atomic E-state index is 0.292. The quantitative estimate of drug-likeness (QED) is 0.589. The third kappa shape index (κ3) is 1.03. The van der Waals surface area contributed by atoms with E-state index in [9.17, 15) is 9.90 Å². The van der Waals surface area contributed by atoms with Crippen LogP contribution < -0.4 is 4.74 Å². The van der Waals surface area contributed by atoms with Gasteiger partial charge in [0.2, 0.25) is 0 Å². The molecule has 0 radical (unpaired) electrons. The van der Waals surface area contributed by atoms with E-state index in [-0.39, 0.29) is 0 Å². The highest BCUT2D eigenvalue weighted by atomic mass is 16.5. The molecule has 3 rings (SSSR count). The lowest BCUT2D eigenvalue weighted by Gasteiger charge is -2.14. The predicted octanol–water partition coefficient (Wildman–Crippen LogP) is 2.07. The lowest BCUT2D eigenvalue weighted by molar-refractivity contribution is -0.120. The van der Waals surface area contributed by atoms with Crippen molar-refractivity contribution in [1.82, 2.24) is 0 Å². The summed E-state index contributed by atoms with van der Waals surface area (Å²) >= 11 is 0. The lowest BCUT2D eigenvalue weighted by atomic mass is 9.95. The van der Waals surface area contributed by atoms with Crippen LogP contribution in [-0.4, -0.2) is 11.6 Å². The molecule has 2 bridgehead atoms. The smallest absolute Gasteiger partial charge is 0.298 e. The van der Waals surface area contributed by atoms with Crippen LogP contribution in [0.5, 0.6) is 11.5 Å². The van der Waals surface area contributed by atoms with Gasteiger partial charge in [-0.1, -0.05) is 12.2 Å². The topological polar surface area (TPSA) is 46.5 Å². The number of carbonyl (C=O) groups excluding carboxylic acids is 1. The minimum Gasteiger partial charge on any atom is -0.508 e. The number of phenols is 1. The molecule has 3 nitrogen and oxygen atoms in total. The molecule has 1 N–H and O–H groups in total. The Morgan fingerprint density at radius 1 is 1.27 bits per heavy atom. The molecule has 0 fully saturated rings. The van der Waals surface area contributed by atoms with Crippen LogP contribution in [0.1, 0.15) is 29.4 Å². The van der Waals surface area contributed by atoms with E-state index in [0.717, 1.165) is 17.5 Å². The summed E-state index contributed by atoms with van der Waals surface area (Å²) in [6.07, 6.45) is 5.21.